The van der Waals surface area contributed by atoms with Crippen LogP contribution in [-0.2, 0) is 10.0 Å². The van der Waals surface area contributed by atoms with Gasteiger partial charge in [-0.25, -0.2) is 23.1 Å². The number of rotatable bonds is 8. The second-order valence-electron chi connectivity index (χ2n) is 7.32. The number of hydrogen-bond donors (Lipinski definition) is 2. The number of aromatic nitrogens is 2. The van der Waals surface area contributed by atoms with Crippen molar-refractivity contribution in [3.05, 3.63) is 29.2 Å². The molecule has 0 saturated heterocycles. The maximum Gasteiger partial charge on any atom is 0.212 e. The number of nitrogens with zero attached hydrogens (tertiary/aromatic N) is 2. The summed E-state index contributed by atoms with van der Waals surface area (Å²) in [5, 5.41) is 4.38. The van der Waals surface area contributed by atoms with Crippen LogP contribution in [0.25, 0.3) is 11.3 Å². The molecule has 6 nitrogen and oxygen atoms in total. The zero-order valence-electron chi connectivity index (χ0n) is 16.2. The Morgan fingerprint density at radius 3 is 2.64 bits per heavy atom. The van der Waals surface area contributed by atoms with Crippen LogP contribution in [0.5, 0.6) is 0 Å². The van der Waals surface area contributed by atoms with Crippen LogP contribution in [-0.4, -0.2) is 36.7 Å². The third-order valence-corrected chi connectivity index (χ3v) is 7.49. The van der Waals surface area contributed by atoms with Crippen molar-refractivity contribution in [3.63, 3.8) is 0 Å². The van der Waals surface area contributed by atoms with E-state index >= 15 is 0 Å². The van der Waals surface area contributed by atoms with Crippen molar-refractivity contribution in [1.29, 1.82) is 0 Å². The molecule has 2 aromatic rings. The Morgan fingerprint density at radius 2 is 2.00 bits per heavy atom. The van der Waals surface area contributed by atoms with Crippen LogP contribution in [0.3, 0.4) is 0 Å². The molecule has 2 heterocycles. The first-order chi connectivity index (χ1) is 13.4. The van der Waals surface area contributed by atoms with Crippen molar-refractivity contribution in [1.82, 2.24) is 14.7 Å². The smallest absolute Gasteiger partial charge is 0.212 e. The van der Waals surface area contributed by atoms with Gasteiger partial charge >= 0.3 is 0 Å². The highest BCUT2D eigenvalue weighted by Gasteiger charge is 2.23. The van der Waals surface area contributed by atoms with E-state index in [9.17, 15) is 12.8 Å². The van der Waals surface area contributed by atoms with Gasteiger partial charge in [-0.15, -0.1) is 11.3 Å². The van der Waals surface area contributed by atoms with E-state index in [-0.39, 0.29) is 5.75 Å². The molecule has 2 N–H and O–H groups in total. The van der Waals surface area contributed by atoms with Gasteiger partial charge in [0.15, 0.2) is 5.13 Å². The first-order valence-electron chi connectivity index (χ1n) is 9.69. The molecular formula is C19H27FN4O2S2. The van der Waals surface area contributed by atoms with E-state index in [2.05, 4.69) is 20.0 Å². The molecule has 1 fully saturated rings. The Balaban J connectivity index is 1.51. The van der Waals surface area contributed by atoms with Gasteiger partial charge < -0.3 is 5.32 Å². The topological polar surface area (TPSA) is 84.0 Å². The molecule has 3 rings (SSSR count). The lowest BCUT2D eigenvalue weighted by atomic mass is 9.86. The van der Waals surface area contributed by atoms with Crippen LogP contribution < -0.4 is 10.0 Å². The fraction of sp³-hybridized carbons (Fsp3) is 0.579. The second-order valence-corrected chi connectivity index (χ2v) is 10.5. The fourth-order valence-electron chi connectivity index (χ4n) is 3.51. The molecule has 28 heavy (non-hydrogen) atoms. The third kappa shape index (κ3) is 5.71. The van der Waals surface area contributed by atoms with Gasteiger partial charge in [0.25, 0.3) is 0 Å². The quantitative estimate of drug-likeness (QED) is 0.625. The molecule has 154 valence electrons. The minimum atomic E-state index is -3.13. The summed E-state index contributed by atoms with van der Waals surface area (Å²) in [6, 6.07) is 3.38. The Bertz CT molecular complexity index is 876. The SMILES string of the molecule is CCCS(=O)(=O)NCC1CCC(Nc2nc(-c3ccc(F)nc3)c(C)s2)CC1. The van der Waals surface area contributed by atoms with E-state index in [0.29, 0.717) is 24.9 Å². The van der Waals surface area contributed by atoms with Crippen molar-refractivity contribution in [2.45, 2.75) is 52.0 Å². The van der Waals surface area contributed by atoms with Crippen LogP contribution in [0.4, 0.5) is 9.52 Å². The molecule has 0 amide bonds. The Kier molecular flexibility index (Phi) is 7.00. The highest BCUT2D eigenvalue weighted by molar-refractivity contribution is 7.89. The summed E-state index contributed by atoms with van der Waals surface area (Å²) in [5.41, 5.74) is 1.64. The van der Waals surface area contributed by atoms with Crippen molar-refractivity contribution in [2.24, 2.45) is 5.92 Å². The average Bonchev–Trinajstić information content (AvgIpc) is 3.02. The predicted octanol–water partition coefficient (Wildman–Crippen LogP) is 3.95. The lowest BCUT2D eigenvalue weighted by Crippen LogP contribution is -2.34. The third-order valence-electron chi connectivity index (χ3n) is 5.04. The summed E-state index contributed by atoms with van der Waals surface area (Å²) in [6.07, 6.45) is 6.11. The first kappa shape index (κ1) is 21.1. The van der Waals surface area contributed by atoms with E-state index in [1.807, 2.05) is 13.8 Å². The number of hydrogen-bond acceptors (Lipinski definition) is 6. The highest BCUT2D eigenvalue weighted by atomic mass is 32.2. The Morgan fingerprint density at radius 1 is 1.25 bits per heavy atom. The predicted molar refractivity (Wildman–Crippen MR) is 111 cm³/mol. The van der Waals surface area contributed by atoms with Crippen LogP contribution >= 0.6 is 11.3 Å². The van der Waals surface area contributed by atoms with Crippen LogP contribution in [0, 0.1) is 18.8 Å². The molecule has 0 unspecified atom stereocenters. The molecule has 1 aliphatic rings. The zero-order chi connectivity index (χ0) is 20.1. The summed E-state index contributed by atoms with van der Waals surface area (Å²) in [4.78, 5) is 9.43. The summed E-state index contributed by atoms with van der Waals surface area (Å²) >= 11 is 1.59. The molecule has 9 heteroatoms. The number of halogens is 1. The van der Waals surface area contributed by atoms with Gasteiger partial charge in [-0.05, 0) is 57.1 Å². The largest absolute Gasteiger partial charge is 0.359 e. The summed E-state index contributed by atoms with van der Waals surface area (Å²) in [7, 11) is -3.13. The van der Waals surface area contributed by atoms with Crippen LogP contribution in [0.2, 0.25) is 0 Å². The van der Waals surface area contributed by atoms with E-state index in [1.54, 1.807) is 17.4 Å². The molecule has 0 radical (unpaired) electrons. The lowest BCUT2D eigenvalue weighted by molar-refractivity contribution is 0.337. The molecule has 2 aromatic heterocycles. The van der Waals surface area contributed by atoms with Gasteiger partial charge in [0, 0.05) is 29.2 Å². The van der Waals surface area contributed by atoms with Gasteiger partial charge in [-0.1, -0.05) is 6.92 Å². The van der Waals surface area contributed by atoms with Gasteiger partial charge in [-0.2, -0.15) is 4.39 Å². The standard InChI is InChI=1S/C19H27FN4O2S2/c1-3-10-28(25,26)22-11-14-4-7-16(8-5-14)23-19-24-18(13(2)27-19)15-6-9-17(20)21-12-15/h6,9,12,14,16,22H,3-5,7-8,10-11H2,1-2H3,(H,23,24). The average molecular weight is 427 g/mol. The van der Waals surface area contributed by atoms with Crippen LogP contribution in [0.1, 0.15) is 43.9 Å². The molecule has 1 aliphatic carbocycles. The Labute approximate surface area is 170 Å². The molecule has 0 spiro atoms. The summed E-state index contributed by atoms with van der Waals surface area (Å²) < 4.78 is 39.4. The monoisotopic (exact) mass is 426 g/mol. The molecule has 0 atom stereocenters. The lowest BCUT2D eigenvalue weighted by Gasteiger charge is -2.29. The van der Waals surface area contributed by atoms with Crippen molar-refractivity contribution < 1.29 is 12.8 Å². The van der Waals surface area contributed by atoms with Crippen molar-refractivity contribution in [2.75, 3.05) is 17.6 Å². The van der Waals surface area contributed by atoms with Gasteiger partial charge in [0.05, 0.1) is 11.4 Å². The number of nitrogens with one attached hydrogen (secondary N) is 2. The van der Waals surface area contributed by atoms with Crippen molar-refractivity contribution >= 4 is 26.5 Å². The normalized spacial score (nSPS) is 20.2. The maximum atomic E-state index is 13.0. The highest BCUT2D eigenvalue weighted by Crippen LogP contribution is 2.32. The van der Waals surface area contributed by atoms with E-state index in [0.717, 1.165) is 46.9 Å². The second kappa shape index (κ2) is 9.28. The summed E-state index contributed by atoms with van der Waals surface area (Å²) in [6.45, 7) is 4.41. The molecule has 0 bridgehead atoms. The van der Waals surface area contributed by atoms with Gasteiger partial charge in [-0.3, -0.25) is 0 Å². The van der Waals surface area contributed by atoms with E-state index in [1.165, 1.54) is 12.3 Å². The molecule has 0 aliphatic heterocycles. The molecule has 0 aromatic carbocycles. The molecular weight excluding hydrogens is 399 g/mol. The number of sulfonamides is 1. The number of anilines is 1. The molecule has 1 saturated carbocycles. The zero-order valence-corrected chi connectivity index (χ0v) is 17.9. The van der Waals surface area contributed by atoms with Gasteiger partial charge in [0.1, 0.15) is 0 Å². The minimum absolute atomic E-state index is 0.194. The first-order valence-corrected chi connectivity index (χ1v) is 12.2. The Hall–Kier alpha value is -1.58. The maximum absolute atomic E-state index is 13.0. The number of pyridine rings is 1. The van der Waals surface area contributed by atoms with E-state index in [4.69, 9.17) is 0 Å². The van der Waals surface area contributed by atoms with Crippen molar-refractivity contribution in [3.8, 4) is 11.3 Å². The number of aryl methyl sites for hydroxylation is 1. The van der Waals surface area contributed by atoms with Crippen LogP contribution in [0.15, 0.2) is 18.3 Å². The van der Waals surface area contributed by atoms with E-state index < -0.39 is 16.0 Å². The summed E-state index contributed by atoms with van der Waals surface area (Å²) in [5.74, 6) is 0.0893. The minimum Gasteiger partial charge on any atom is -0.359 e. The fourth-order valence-corrected chi connectivity index (χ4v) is 5.60. The van der Waals surface area contributed by atoms with Gasteiger partial charge in [0.2, 0.25) is 16.0 Å². The number of thiazole rings is 1.